The molecule has 1 aromatic carbocycles. The third-order valence-corrected chi connectivity index (χ3v) is 2.63. The Labute approximate surface area is 79.9 Å². The lowest BCUT2D eigenvalue weighted by molar-refractivity contribution is 1.07. The van der Waals surface area contributed by atoms with Crippen molar-refractivity contribution in [3.05, 3.63) is 22.8 Å². The summed E-state index contributed by atoms with van der Waals surface area (Å²) in [6.07, 6.45) is 1.96. The first-order valence-electron chi connectivity index (χ1n) is 4.78. The van der Waals surface area contributed by atoms with Crippen LogP contribution in [0.3, 0.4) is 0 Å². The molecule has 0 unspecified atom stereocenters. The maximum atomic E-state index is 5.91. The molecule has 0 aromatic heterocycles. The molecule has 0 aliphatic carbocycles. The highest BCUT2D eigenvalue weighted by molar-refractivity contribution is 5.72. The minimum atomic E-state index is 0.760. The zero-order chi connectivity index (χ0) is 10.0. The molecule has 0 aliphatic rings. The van der Waals surface area contributed by atoms with Crippen LogP contribution in [0.2, 0.25) is 0 Å². The topological polar surface area (TPSA) is 52.0 Å². The zero-order valence-electron chi connectivity index (χ0n) is 8.65. The minimum Gasteiger partial charge on any atom is -0.397 e. The average molecular weight is 178 g/mol. The summed E-state index contributed by atoms with van der Waals surface area (Å²) in [5, 5.41) is 0. The lowest BCUT2D eigenvalue weighted by Crippen LogP contribution is -2.04. The number of benzene rings is 1. The molecular weight excluding hydrogens is 160 g/mol. The molecule has 0 amide bonds. The summed E-state index contributed by atoms with van der Waals surface area (Å²) >= 11 is 0. The highest BCUT2D eigenvalue weighted by Crippen LogP contribution is 2.28. The molecule has 1 aromatic rings. The van der Waals surface area contributed by atoms with Gasteiger partial charge >= 0.3 is 0 Å². The second kappa shape index (κ2) is 3.69. The Morgan fingerprint density at radius 3 is 2.00 bits per heavy atom. The number of nitrogens with two attached hydrogens (primary N) is 2. The van der Waals surface area contributed by atoms with E-state index in [0.717, 1.165) is 29.8 Å². The minimum absolute atomic E-state index is 0.760. The monoisotopic (exact) mass is 178 g/mol. The van der Waals surface area contributed by atoms with Gasteiger partial charge in [0.2, 0.25) is 0 Å². The fourth-order valence-corrected chi connectivity index (χ4v) is 1.60. The lowest BCUT2D eigenvalue weighted by atomic mass is 9.98. The molecule has 0 fully saturated rings. The number of nitrogen functional groups attached to an aromatic ring is 2. The Morgan fingerprint density at radius 1 is 1.00 bits per heavy atom. The molecule has 0 heterocycles. The highest BCUT2D eigenvalue weighted by Gasteiger charge is 2.08. The fourth-order valence-electron chi connectivity index (χ4n) is 1.60. The van der Waals surface area contributed by atoms with Crippen molar-refractivity contribution < 1.29 is 0 Å². The Hall–Kier alpha value is -1.18. The molecule has 13 heavy (non-hydrogen) atoms. The standard InChI is InChI=1S/C11H18N2/c1-4-8-6-9(5-2)11(13)10(12)7(8)3/h6H,4-5,12-13H2,1-3H3. The Kier molecular flexibility index (Phi) is 2.81. The summed E-state index contributed by atoms with van der Waals surface area (Å²) in [7, 11) is 0. The van der Waals surface area contributed by atoms with Crippen molar-refractivity contribution >= 4 is 11.4 Å². The van der Waals surface area contributed by atoms with Crippen molar-refractivity contribution in [2.45, 2.75) is 33.6 Å². The second-order valence-electron chi connectivity index (χ2n) is 3.35. The first-order chi connectivity index (χ1) is 6.11. The molecule has 0 saturated heterocycles. The van der Waals surface area contributed by atoms with Gasteiger partial charge in [-0.1, -0.05) is 19.9 Å². The number of anilines is 2. The van der Waals surface area contributed by atoms with E-state index in [1.165, 1.54) is 11.1 Å². The largest absolute Gasteiger partial charge is 0.397 e. The maximum absolute atomic E-state index is 5.91. The van der Waals surface area contributed by atoms with Crippen LogP contribution in [0.1, 0.15) is 30.5 Å². The number of rotatable bonds is 2. The summed E-state index contributed by atoms with van der Waals surface area (Å²) in [5.41, 5.74) is 16.9. The van der Waals surface area contributed by atoms with Crippen LogP contribution in [-0.4, -0.2) is 0 Å². The summed E-state index contributed by atoms with van der Waals surface area (Å²) in [6.45, 7) is 6.27. The molecule has 2 heteroatoms. The molecule has 0 saturated carbocycles. The third kappa shape index (κ3) is 1.62. The van der Waals surface area contributed by atoms with Gasteiger partial charge in [-0.15, -0.1) is 0 Å². The summed E-state index contributed by atoms with van der Waals surface area (Å²) in [6, 6.07) is 2.17. The third-order valence-electron chi connectivity index (χ3n) is 2.63. The van der Waals surface area contributed by atoms with Crippen LogP contribution in [0.25, 0.3) is 0 Å². The average Bonchev–Trinajstić information content (AvgIpc) is 2.15. The van der Waals surface area contributed by atoms with Gasteiger partial charge in [0.05, 0.1) is 11.4 Å². The second-order valence-corrected chi connectivity index (χ2v) is 3.35. The SMILES string of the molecule is CCc1cc(CC)c(N)c(N)c1C. The van der Waals surface area contributed by atoms with Gasteiger partial charge in [-0.05, 0) is 36.5 Å². The van der Waals surface area contributed by atoms with Gasteiger partial charge < -0.3 is 11.5 Å². The molecule has 2 nitrogen and oxygen atoms in total. The van der Waals surface area contributed by atoms with Crippen LogP contribution in [0, 0.1) is 6.92 Å². The van der Waals surface area contributed by atoms with Gasteiger partial charge in [0, 0.05) is 0 Å². The van der Waals surface area contributed by atoms with Crippen molar-refractivity contribution in [2.75, 3.05) is 11.5 Å². The van der Waals surface area contributed by atoms with Crippen LogP contribution in [0.5, 0.6) is 0 Å². The predicted octanol–water partition coefficient (Wildman–Crippen LogP) is 2.28. The van der Waals surface area contributed by atoms with Gasteiger partial charge in [0.15, 0.2) is 0 Å². The van der Waals surface area contributed by atoms with Gasteiger partial charge in [0.1, 0.15) is 0 Å². The summed E-state index contributed by atoms with van der Waals surface area (Å²) in [5.74, 6) is 0. The van der Waals surface area contributed by atoms with Gasteiger partial charge in [-0.2, -0.15) is 0 Å². The van der Waals surface area contributed by atoms with E-state index in [1.54, 1.807) is 0 Å². The normalized spacial score (nSPS) is 10.4. The van der Waals surface area contributed by atoms with E-state index in [9.17, 15) is 0 Å². The summed E-state index contributed by atoms with van der Waals surface area (Å²) < 4.78 is 0. The Morgan fingerprint density at radius 2 is 1.54 bits per heavy atom. The quantitative estimate of drug-likeness (QED) is 0.683. The zero-order valence-corrected chi connectivity index (χ0v) is 8.65. The van der Waals surface area contributed by atoms with Gasteiger partial charge in [-0.25, -0.2) is 0 Å². The van der Waals surface area contributed by atoms with Crippen LogP contribution in [0.15, 0.2) is 6.07 Å². The molecule has 0 atom stereocenters. The first kappa shape index (κ1) is 9.90. The molecule has 0 spiro atoms. The number of hydrogen-bond acceptors (Lipinski definition) is 2. The molecule has 72 valence electrons. The molecule has 0 radical (unpaired) electrons. The molecular formula is C11H18N2. The summed E-state index contributed by atoms with van der Waals surface area (Å²) in [4.78, 5) is 0. The molecule has 1 rings (SSSR count). The van der Waals surface area contributed by atoms with E-state index in [-0.39, 0.29) is 0 Å². The van der Waals surface area contributed by atoms with Gasteiger partial charge in [0.25, 0.3) is 0 Å². The van der Waals surface area contributed by atoms with E-state index < -0.39 is 0 Å². The predicted molar refractivity (Wildman–Crippen MR) is 58.8 cm³/mol. The van der Waals surface area contributed by atoms with Crippen molar-refractivity contribution in [1.82, 2.24) is 0 Å². The fraction of sp³-hybridized carbons (Fsp3) is 0.455. The van der Waals surface area contributed by atoms with Crippen LogP contribution < -0.4 is 11.5 Å². The lowest BCUT2D eigenvalue weighted by Gasteiger charge is -2.13. The highest BCUT2D eigenvalue weighted by atomic mass is 14.7. The number of hydrogen-bond donors (Lipinski definition) is 2. The Bertz CT molecular complexity index is 288. The first-order valence-corrected chi connectivity index (χ1v) is 4.78. The molecule has 0 aliphatic heterocycles. The number of aryl methyl sites for hydroxylation is 2. The van der Waals surface area contributed by atoms with Crippen LogP contribution >= 0.6 is 0 Å². The van der Waals surface area contributed by atoms with E-state index in [1.807, 2.05) is 6.92 Å². The van der Waals surface area contributed by atoms with E-state index in [4.69, 9.17) is 11.5 Å². The van der Waals surface area contributed by atoms with Crippen molar-refractivity contribution in [2.24, 2.45) is 0 Å². The maximum Gasteiger partial charge on any atom is 0.0583 e. The van der Waals surface area contributed by atoms with Crippen LogP contribution in [0.4, 0.5) is 11.4 Å². The van der Waals surface area contributed by atoms with Crippen molar-refractivity contribution in [3.63, 3.8) is 0 Å². The van der Waals surface area contributed by atoms with Gasteiger partial charge in [-0.3, -0.25) is 0 Å². The molecule has 0 bridgehead atoms. The van der Waals surface area contributed by atoms with Crippen molar-refractivity contribution in [3.8, 4) is 0 Å². The van der Waals surface area contributed by atoms with E-state index in [2.05, 4.69) is 19.9 Å². The molecule has 4 N–H and O–H groups in total. The Balaban J connectivity index is 3.36. The van der Waals surface area contributed by atoms with E-state index >= 15 is 0 Å². The smallest absolute Gasteiger partial charge is 0.0583 e. The van der Waals surface area contributed by atoms with Crippen LogP contribution in [-0.2, 0) is 12.8 Å². The van der Waals surface area contributed by atoms with Crippen molar-refractivity contribution in [1.29, 1.82) is 0 Å². The van der Waals surface area contributed by atoms with E-state index in [0.29, 0.717) is 0 Å².